The Morgan fingerprint density at radius 1 is 1.04 bits per heavy atom. The molecule has 0 spiro atoms. The molecule has 0 aromatic rings. The van der Waals surface area contributed by atoms with E-state index in [1.165, 1.54) is 12.5 Å². The Bertz CT molecular complexity index is 404. The second-order valence-electron chi connectivity index (χ2n) is 8.90. The van der Waals surface area contributed by atoms with Gasteiger partial charge in [-0.05, 0) is 47.0 Å². The summed E-state index contributed by atoms with van der Waals surface area (Å²) in [5.74, 6) is 0. The standard InChI is InChI=1S/C17H40O3Si3/c1-12-14-21(6,7)17(4,5)20-22(8,9)15(3)19-23(10,11)16(18)13-2/h15H,12-14H2,1-11H3. The van der Waals surface area contributed by atoms with Crippen molar-refractivity contribution < 1.29 is 13.6 Å². The molecule has 0 aliphatic rings. The molecular formula is C17H40O3Si3. The molecule has 0 N–H and O–H groups in total. The monoisotopic (exact) mass is 376 g/mol. The van der Waals surface area contributed by atoms with E-state index in [0.717, 1.165) is 0 Å². The normalized spacial score (nSPS) is 15.6. The highest BCUT2D eigenvalue weighted by atomic mass is 28.4. The minimum Gasteiger partial charge on any atom is -0.413 e. The number of rotatable bonds is 10. The van der Waals surface area contributed by atoms with Gasteiger partial charge >= 0.3 is 0 Å². The minimum absolute atomic E-state index is 0.0327. The molecule has 6 heteroatoms. The van der Waals surface area contributed by atoms with Gasteiger partial charge in [0.05, 0.1) is 13.8 Å². The van der Waals surface area contributed by atoms with Crippen LogP contribution in [0, 0.1) is 0 Å². The SMILES string of the molecule is CCC[Si](C)(C)C(C)(C)O[Si](C)(C)C(C)O[Si](C)(C)C(=O)CC. The summed E-state index contributed by atoms with van der Waals surface area (Å²) in [6.45, 7) is 24.1. The topological polar surface area (TPSA) is 35.5 Å². The van der Waals surface area contributed by atoms with Gasteiger partial charge in [0.15, 0.2) is 0 Å². The molecule has 1 unspecified atom stereocenters. The van der Waals surface area contributed by atoms with Crippen molar-refractivity contribution >= 4 is 30.1 Å². The zero-order valence-electron chi connectivity index (χ0n) is 17.4. The molecule has 0 aromatic heterocycles. The fraction of sp³-hybridized carbons (Fsp3) is 0.941. The van der Waals surface area contributed by atoms with Crippen molar-refractivity contribution in [1.29, 1.82) is 0 Å². The molecule has 0 fully saturated rings. The van der Waals surface area contributed by atoms with Crippen molar-refractivity contribution in [3.63, 3.8) is 0 Å². The Morgan fingerprint density at radius 2 is 1.52 bits per heavy atom. The first kappa shape index (κ1) is 23.2. The molecule has 0 amide bonds. The fourth-order valence-corrected chi connectivity index (χ4v) is 12.0. The number of carbonyl (C=O) groups is 1. The Labute approximate surface area is 147 Å². The minimum atomic E-state index is -2.29. The highest BCUT2D eigenvalue weighted by Crippen LogP contribution is 2.33. The lowest BCUT2D eigenvalue weighted by molar-refractivity contribution is -0.113. The average molecular weight is 377 g/mol. The lowest BCUT2D eigenvalue weighted by Gasteiger charge is -2.47. The van der Waals surface area contributed by atoms with Gasteiger partial charge in [-0.25, -0.2) is 0 Å². The van der Waals surface area contributed by atoms with Crippen molar-refractivity contribution in [1.82, 2.24) is 0 Å². The molecule has 0 radical (unpaired) electrons. The van der Waals surface area contributed by atoms with Crippen molar-refractivity contribution in [2.75, 3.05) is 0 Å². The van der Waals surface area contributed by atoms with Gasteiger partial charge < -0.3 is 13.6 Å². The van der Waals surface area contributed by atoms with E-state index in [1.54, 1.807) is 0 Å². The Hall–Kier alpha value is 0.241. The van der Waals surface area contributed by atoms with E-state index in [-0.39, 0.29) is 16.4 Å². The number of hydrogen-bond donors (Lipinski definition) is 0. The first-order chi connectivity index (χ1) is 10.1. The van der Waals surface area contributed by atoms with E-state index in [0.29, 0.717) is 6.42 Å². The highest BCUT2D eigenvalue weighted by Gasteiger charge is 2.47. The maximum atomic E-state index is 12.1. The maximum Gasteiger partial charge on any atom is 0.258 e. The first-order valence-electron chi connectivity index (χ1n) is 9.04. The van der Waals surface area contributed by atoms with Crippen molar-refractivity contribution in [3.05, 3.63) is 0 Å². The summed E-state index contributed by atoms with van der Waals surface area (Å²) in [5, 5.41) is 0.214. The molecule has 0 heterocycles. The van der Waals surface area contributed by atoms with Gasteiger partial charge in [0.25, 0.3) is 8.32 Å². The van der Waals surface area contributed by atoms with Gasteiger partial charge in [-0.3, -0.25) is 0 Å². The van der Waals surface area contributed by atoms with Crippen LogP contribution in [-0.4, -0.2) is 41.1 Å². The summed E-state index contributed by atoms with van der Waals surface area (Å²) < 4.78 is 13.1. The third-order valence-corrected chi connectivity index (χ3v) is 16.8. The fourth-order valence-electron chi connectivity index (χ4n) is 2.88. The van der Waals surface area contributed by atoms with Crippen LogP contribution in [0.25, 0.3) is 0 Å². The molecule has 1 atom stereocenters. The summed E-state index contributed by atoms with van der Waals surface area (Å²) in [5.41, 5.74) is 0.0327. The summed E-state index contributed by atoms with van der Waals surface area (Å²) >= 11 is 0. The molecule has 0 rings (SSSR count). The Kier molecular flexibility index (Phi) is 8.16. The molecular weight excluding hydrogens is 336 g/mol. The van der Waals surface area contributed by atoms with E-state index in [2.05, 4.69) is 53.9 Å². The second kappa shape index (κ2) is 8.08. The van der Waals surface area contributed by atoms with Gasteiger partial charge in [0.1, 0.15) is 5.41 Å². The first-order valence-corrected chi connectivity index (χ1v) is 18.1. The van der Waals surface area contributed by atoms with Crippen LogP contribution in [0.1, 0.15) is 47.5 Å². The van der Waals surface area contributed by atoms with Crippen molar-refractivity contribution in [2.45, 2.75) is 104 Å². The van der Waals surface area contributed by atoms with Crippen molar-refractivity contribution in [3.8, 4) is 0 Å². The van der Waals surface area contributed by atoms with Gasteiger partial charge in [-0.2, -0.15) is 0 Å². The van der Waals surface area contributed by atoms with Crippen molar-refractivity contribution in [2.24, 2.45) is 0 Å². The quantitative estimate of drug-likeness (QED) is 0.484. The summed E-state index contributed by atoms with van der Waals surface area (Å²) in [6.07, 6.45) is 1.78. The molecule has 0 saturated carbocycles. The van der Waals surface area contributed by atoms with Crippen LogP contribution in [0.5, 0.6) is 0 Å². The highest BCUT2D eigenvalue weighted by molar-refractivity contribution is 7.00. The van der Waals surface area contributed by atoms with E-state index in [9.17, 15) is 4.79 Å². The second-order valence-corrected chi connectivity index (χ2v) is 22.4. The third kappa shape index (κ3) is 6.23. The van der Waals surface area contributed by atoms with E-state index >= 15 is 0 Å². The van der Waals surface area contributed by atoms with E-state index in [4.69, 9.17) is 8.85 Å². The molecule has 0 aliphatic heterocycles. The van der Waals surface area contributed by atoms with Crippen LogP contribution in [0.2, 0.25) is 45.3 Å². The predicted octanol–water partition coefficient (Wildman–Crippen LogP) is 5.31. The van der Waals surface area contributed by atoms with Gasteiger partial charge in [-0.1, -0.05) is 39.4 Å². The molecule has 23 heavy (non-hydrogen) atoms. The lowest BCUT2D eigenvalue weighted by atomic mass is 10.5. The summed E-state index contributed by atoms with van der Waals surface area (Å²) in [7, 11) is -5.82. The lowest BCUT2D eigenvalue weighted by Crippen LogP contribution is -2.61. The molecule has 138 valence electrons. The van der Waals surface area contributed by atoms with E-state index < -0.39 is 24.7 Å². The molecule has 0 saturated heterocycles. The third-order valence-electron chi connectivity index (χ3n) is 5.47. The summed E-state index contributed by atoms with van der Waals surface area (Å²) in [6, 6.07) is 1.27. The van der Waals surface area contributed by atoms with Gasteiger partial charge in [0, 0.05) is 11.6 Å². The van der Waals surface area contributed by atoms with Crippen LogP contribution in [0.3, 0.4) is 0 Å². The van der Waals surface area contributed by atoms with Crippen LogP contribution in [0.4, 0.5) is 0 Å². The number of hydrogen-bond acceptors (Lipinski definition) is 3. The molecule has 0 aliphatic carbocycles. The summed E-state index contributed by atoms with van der Waals surface area (Å²) in [4.78, 5) is 12.1. The average Bonchev–Trinajstić information content (AvgIpc) is 2.35. The smallest absolute Gasteiger partial charge is 0.258 e. The van der Waals surface area contributed by atoms with E-state index in [1.807, 2.05) is 20.0 Å². The van der Waals surface area contributed by atoms with Crippen LogP contribution < -0.4 is 0 Å². The largest absolute Gasteiger partial charge is 0.413 e. The van der Waals surface area contributed by atoms with Gasteiger partial charge in [-0.15, -0.1) is 0 Å². The van der Waals surface area contributed by atoms with Crippen LogP contribution in [0.15, 0.2) is 0 Å². The zero-order chi connectivity index (χ0) is 18.7. The zero-order valence-corrected chi connectivity index (χ0v) is 20.4. The Balaban J connectivity index is 5.15. The predicted molar refractivity (Wildman–Crippen MR) is 109 cm³/mol. The number of carbonyl (C=O) groups excluding carboxylic acids is 1. The molecule has 0 aromatic carbocycles. The Morgan fingerprint density at radius 3 is 1.91 bits per heavy atom. The van der Waals surface area contributed by atoms with Crippen LogP contribution >= 0.6 is 0 Å². The maximum absolute atomic E-state index is 12.1. The molecule has 0 bridgehead atoms. The van der Waals surface area contributed by atoms with Gasteiger partial charge in [0.2, 0.25) is 8.32 Å². The molecule has 3 nitrogen and oxygen atoms in total. The van der Waals surface area contributed by atoms with Crippen LogP contribution in [-0.2, 0) is 13.6 Å².